The van der Waals surface area contributed by atoms with Crippen molar-refractivity contribution in [3.05, 3.63) is 59.7 Å². The molecule has 0 aliphatic rings. The van der Waals surface area contributed by atoms with E-state index in [1.54, 1.807) is 6.08 Å². The van der Waals surface area contributed by atoms with Gasteiger partial charge in [-0.05, 0) is 37.7 Å². The largest absolute Gasteiger partial charge is 0.409 e. The van der Waals surface area contributed by atoms with E-state index in [2.05, 4.69) is 12.1 Å². The average molecular weight is 401 g/mol. The normalized spacial score (nSPS) is 13.4. The molecule has 0 amide bonds. The Balaban J connectivity index is 2.42. The number of rotatable bonds is 13. The third kappa shape index (κ3) is 11.2. The number of ether oxygens (including phenoxy) is 1. The van der Waals surface area contributed by atoms with E-state index in [4.69, 9.17) is 10.5 Å². The van der Waals surface area contributed by atoms with E-state index < -0.39 is 24.9 Å². The van der Waals surface area contributed by atoms with E-state index in [9.17, 15) is 23.4 Å². The van der Waals surface area contributed by atoms with Gasteiger partial charge in [-0.2, -0.15) is 13.2 Å². The molecule has 158 valence electrons. The molecular formula is C21H30F3NO3. The second-order valence-electron chi connectivity index (χ2n) is 6.82. The zero-order valence-corrected chi connectivity index (χ0v) is 16.0. The lowest BCUT2D eigenvalue weighted by Gasteiger charge is -2.24. The summed E-state index contributed by atoms with van der Waals surface area (Å²) in [6.45, 7) is 0.109. The fourth-order valence-electron chi connectivity index (χ4n) is 2.51. The maximum absolute atomic E-state index is 12.4. The Morgan fingerprint density at radius 2 is 1.75 bits per heavy atom. The molecule has 1 rings (SSSR count). The molecule has 1 aromatic carbocycles. The second-order valence-corrected chi connectivity index (χ2v) is 6.82. The predicted molar refractivity (Wildman–Crippen MR) is 104 cm³/mol. The van der Waals surface area contributed by atoms with E-state index in [0.29, 0.717) is 25.2 Å². The maximum Gasteiger partial charge on any atom is 0.409 e. The molecule has 0 saturated carbocycles. The third-order valence-electron chi connectivity index (χ3n) is 4.29. The van der Waals surface area contributed by atoms with Crippen molar-refractivity contribution in [2.24, 2.45) is 5.73 Å². The molecule has 28 heavy (non-hydrogen) atoms. The smallest absolute Gasteiger partial charge is 0.394 e. The summed E-state index contributed by atoms with van der Waals surface area (Å²) < 4.78 is 42.9. The van der Waals surface area contributed by atoms with Crippen LogP contribution in [-0.2, 0) is 11.2 Å². The molecule has 0 bridgehead atoms. The summed E-state index contributed by atoms with van der Waals surface area (Å²) in [5, 5.41) is 18.4. The van der Waals surface area contributed by atoms with Crippen LogP contribution in [0.25, 0.3) is 0 Å². The number of benzene rings is 1. The number of allylic oxidation sites excluding steroid dienone is 3. The van der Waals surface area contributed by atoms with E-state index in [1.807, 2.05) is 18.2 Å². The number of alkyl halides is 3. The summed E-state index contributed by atoms with van der Waals surface area (Å²) >= 11 is 0. The van der Waals surface area contributed by atoms with Crippen molar-refractivity contribution < 1.29 is 28.1 Å². The second kappa shape index (κ2) is 12.7. The first-order valence-corrected chi connectivity index (χ1v) is 9.35. The van der Waals surface area contributed by atoms with Crippen molar-refractivity contribution in [3.63, 3.8) is 0 Å². The van der Waals surface area contributed by atoms with Gasteiger partial charge in [0.05, 0.1) is 25.4 Å². The van der Waals surface area contributed by atoms with Gasteiger partial charge in [-0.15, -0.1) is 0 Å². The molecule has 0 heterocycles. The van der Waals surface area contributed by atoms with Crippen molar-refractivity contribution in [1.29, 1.82) is 0 Å². The predicted octanol–water partition coefficient (Wildman–Crippen LogP) is 3.53. The fourth-order valence-corrected chi connectivity index (χ4v) is 2.51. The number of nitrogens with two attached hydrogens (primary N) is 1. The Bertz CT molecular complexity index is 597. The molecule has 0 fully saturated rings. The number of aryl methyl sites for hydroxylation is 1. The molecule has 1 aromatic rings. The minimum atomic E-state index is -4.40. The number of hydrogen-bond acceptors (Lipinski definition) is 4. The summed E-state index contributed by atoms with van der Waals surface area (Å²) in [5.74, 6) is 0. The lowest BCUT2D eigenvalue weighted by molar-refractivity contribution is -0.0798. The Hall–Kier alpha value is -1.67. The van der Waals surface area contributed by atoms with E-state index in [1.165, 1.54) is 5.56 Å². The highest BCUT2D eigenvalue weighted by molar-refractivity contribution is 5.20. The Morgan fingerprint density at radius 1 is 1.07 bits per heavy atom. The minimum absolute atomic E-state index is 0.173. The van der Waals surface area contributed by atoms with Crippen LogP contribution < -0.4 is 5.73 Å². The van der Waals surface area contributed by atoms with Crippen LogP contribution in [0, 0.1) is 0 Å². The van der Waals surface area contributed by atoms with Crippen molar-refractivity contribution in [2.75, 3.05) is 26.4 Å². The molecule has 0 atom stereocenters. The lowest BCUT2D eigenvalue weighted by atomic mass is 9.93. The van der Waals surface area contributed by atoms with Gasteiger partial charge in [0.2, 0.25) is 0 Å². The zero-order chi connectivity index (χ0) is 20.9. The topological polar surface area (TPSA) is 75.7 Å². The maximum atomic E-state index is 12.4. The molecule has 0 saturated heterocycles. The van der Waals surface area contributed by atoms with E-state index >= 15 is 0 Å². The number of aliphatic hydroxyl groups is 2. The van der Waals surface area contributed by atoms with Gasteiger partial charge in [0.25, 0.3) is 0 Å². The van der Waals surface area contributed by atoms with Gasteiger partial charge in [0, 0.05) is 12.7 Å². The lowest BCUT2D eigenvalue weighted by Crippen LogP contribution is -2.47. The van der Waals surface area contributed by atoms with Gasteiger partial charge in [-0.1, -0.05) is 48.1 Å². The SMILES string of the molecule is NC(CO)(CO)CCC(=C/CCOCCCc1ccccc1)/C=C/C(F)(F)F. The van der Waals surface area contributed by atoms with Crippen LogP contribution in [0.15, 0.2) is 54.1 Å². The first-order chi connectivity index (χ1) is 13.3. The van der Waals surface area contributed by atoms with Crippen LogP contribution in [0.4, 0.5) is 13.2 Å². The summed E-state index contributed by atoms with van der Waals surface area (Å²) in [6, 6.07) is 10.0. The Labute approximate surface area is 164 Å². The van der Waals surface area contributed by atoms with Crippen molar-refractivity contribution in [1.82, 2.24) is 0 Å². The third-order valence-corrected chi connectivity index (χ3v) is 4.29. The molecule has 0 aliphatic carbocycles. The van der Waals surface area contributed by atoms with Crippen LogP contribution in [0.5, 0.6) is 0 Å². The van der Waals surface area contributed by atoms with Gasteiger partial charge < -0.3 is 20.7 Å². The summed E-state index contributed by atoms with van der Waals surface area (Å²) in [6.07, 6.45) is 1.10. The Morgan fingerprint density at radius 3 is 2.36 bits per heavy atom. The molecule has 0 aromatic heterocycles. The minimum Gasteiger partial charge on any atom is -0.394 e. The van der Waals surface area contributed by atoms with Crippen LogP contribution in [0.3, 0.4) is 0 Å². The Kier molecular flexibility index (Phi) is 11.1. The number of halogens is 3. The fraction of sp³-hybridized carbons (Fsp3) is 0.524. The van der Waals surface area contributed by atoms with E-state index in [0.717, 1.165) is 18.9 Å². The monoisotopic (exact) mass is 401 g/mol. The van der Waals surface area contributed by atoms with Crippen LogP contribution >= 0.6 is 0 Å². The highest BCUT2D eigenvalue weighted by Crippen LogP contribution is 2.21. The standard InChI is InChI=1S/C21H30F3NO3/c22-21(23,24)13-11-19(10-12-20(25,16-26)17-27)9-5-15-28-14-4-8-18-6-2-1-3-7-18/h1-3,6-7,9,11,13,26-27H,4-5,8,10,12,14-17,25H2/b13-11+,19-9-. The van der Waals surface area contributed by atoms with Crippen LogP contribution in [-0.4, -0.2) is 48.4 Å². The van der Waals surface area contributed by atoms with Crippen LogP contribution in [0.1, 0.15) is 31.2 Å². The first-order valence-electron chi connectivity index (χ1n) is 9.35. The summed E-state index contributed by atoms with van der Waals surface area (Å²) in [4.78, 5) is 0. The number of aliphatic hydroxyl groups excluding tert-OH is 2. The highest BCUT2D eigenvalue weighted by atomic mass is 19.4. The molecule has 7 heteroatoms. The molecule has 0 radical (unpaired) electrons. The van der Waals surface area contributed by atoms with Gasteiger partial charge in [0.15, 0.2) is 0 Å². The number of hydrogen-bond donors (Lipinski definition) is 3. The molecule has 0 unspecified atom stereocenters. The zero-order valence-electron chi connectivity index (χ0n) is 16.0. The quantitative estimate of drug-likeness (QED) is 0.349. The summed E-state index contributed by atoms with van der Waals surface area (Å²) in [7, 11) is 0. The van der Waals surface area contributed by atoms with Crippen molar-refractivity contribution in [3.8, 4) is 0 Å². The van der Waals surface area contributed by atoms with Gasteiger partial charge in [0.1, 0.15) is 0 Å². The van der Waals surface area contributed by atoms with Gasteiger partial charge in [-0.3, -0.25) is 0 Å². The summed E-state index contributed by atoms with van der Waals surface area (Å²) in [5.41, 5.74) is 6.26. The molecular weight excluding hydrogens is 371 g/mol. The van der Waals surface area contributed by atoms with E-state index in [-0.39, 0.29) is 18.9 Å². The molecule has 4 nitrogen and oxygen atoms in total. The molecule has 4 N–H and O–H groups in total. The van der Waals surface area contributed by atoms with Crippen LogP contribution in [0.2, 0.25) is 0 Å². The van der Waals surface area contributed by atoms with Crippen molar-refractivity contribution in [2.45, 2.75) is 43.8 Å². The van der Waals surface area contributed by atoms with Gasteiger partial charge in [-0.25, -0.2) is 0 Å². The first kappa shape index (κ1) is 24.4. The molecule has 0 aliphatic heterocycles. The van der Waals surface area contributed by atoms with Crippen molar-refractivity contribution >= 4 is 0 Å². The average Bonchev–Trinajstić information content (AvgIpc) is 2.68. The highest BCUT2D eigenvalue weighted by Gasteiger charge is 2.24. The molecule has 0 spiro atoms. The van der Waals surface area contributed by atoms with Gasteiger partial charge >= 0.3 is 6.18 Å².